The van der Waals surface area contributed by atoms with Gasteiger partial charge in [0.25, 0.3) is 11.5 Å². The number of halogens is 1. The molecule has 1 amide bonds. The molecular formula is C18H17FN2O6. The fourth-order valence-corrected chi connectivity index (χ4v) is 2.97. The second-order valence-electron chi connectivity index (χ2n) is 6.05. The molecule has 0 spiro atoms. The number of hydrogen-bond donors (Lipinski definition) is 3. The zero-order chi connectivity index (χ0) is 19.6. The standard InChI is InChI=1S/C18H17FN2O6/c19-11-3-1-10(2-4-11)8-21-13-9-27-6-5-12(13)16(24)15(18(21)26)17(25)20-7-14(22)23/h1-4,24H,5-9H2,(H,20,25)(H,22,23). The Labute approximate surface area is 152 Å². The van der Waals surface area contributed by atoms with Gasteiger partial charge >= 0.3 is 5.97 Å². The Morgan fingerprint density at radius 2 is 1.96 bits per heavy atom. The maximum atomic E-state index is 13.1. The lowest BCUT2D eigenvalue weighted by Crippen LogP contribution is -2.38. The van der Waals surface area contributed by atoms with Crippen LogP contribution in [0.2, 0.25) is 0 Å². The average molecular weight is 376 g/mol. The number of rotatable bonds is 5. The van der Waals surface area contributed by atoms with Gasteiger partial charge in [-0.3, -0.25) is 14.4 Å². The van der Waals surface area contributed by atoms with E-state index in [0.29, 0.717) is 29.8 Å². The van der Waals surface area contributed by atoms with Crippen LogP contribution in [-0.2, 0) is 29.1 Å². The molecule has 0 saturated heterocycles. The molecule has 2 aromatic rings. The molecule has 1 aliphatic heterocycles. The number of aromatic nitrogens is 1. The highest BCUT2D eigenvalue weighted by atomic mass is 19.1. The van der Waals surface area contributed by atoms with Crippen LogP contribution in [0.25, 0.3) is 0 Å². The van der Waals surface area contributed by atoms with E-state index in [2.05, 4.69) is 5.32 Å². The van der Waals surface area contributed by atoms with E-state index in [1.807, 2.05) is 0 Å². The number of carbonyl (C=O) groups is 2. The fraction of sp³-hybridized carbons (Fsp3) is 0.278. The van der Waals surface area contributed by atoms with Crippen LogP contribution in [0.3, 0.4) is 0 Å². The van der Waals surface area contributed by atoms with Gasteiger partial charge in [0.2, 0.25) is 0 Å². The quantitative estimate of drug-likeness (QED) is 0.704. The van der Waals surface area contributed by atoms with Crippen LogP contribution in [0.15, 0.2) is 29.1 Å². The van der Waals surface area contributed by atoms with Gasteiger partial charge in [-0.2, -0.15) is 0 Å². The monoisotopic (exact) mass is 376 g/mol. The van der Waals surface area contributed by atoms with E-state index < -0.39 is 41.1 Å². The fourth-order valence-electron chi connectivity index (χ4n) is 2.97. The SMILES string of the molecule is O=C(O)CNC(=O)c1c(O)c2c(n(Cc3ccc(F)cc3)c1=O)COCC2. The molecule has 1 aromatic heterocycles. The molecule has 3 rings (SSSR count). The van der Waals surface area contributed by atoms with Gasteiger partial charge in [-0.1, -0.05) is 12.1 Å². The number of aliphatic carboxylic acids is 1. The summed E-state index contributed by atoms with van der Waals surface area (Å²) in [5.41, 5.74) is 0.170. The minimum absolute atomic E-state index is 0.0459. The summed E-state index contributed by atoms with van der Waals surface area (Å²) in [5, 5.41) is 21.2. The number of nitrogens with zero attached hydrogens (tertiary/aromatic N) is 1. The molecule has 1 aromatic carbocycles. The Morgan fingerprint density at radius 3 is 2.63 bits per heavy atom. The van der Waals surface area contributed by atoms with Crippen molar-refractivity contribution >= 4 is 11.9 Å². The van der Waals surface area contributed by atoms with Gasteiger partial charge in [0.15, 0.2) is 0 Å². The van der Waals surface area contributed by atoms with Crippen molar-refractivity contribution in [3.05, 3.63) is 62.8 Å². The lowest BCUT2D eigenvalue weighted by molar-refractivity contribution is -0.135. The number of carboxylic acid groups (broad SMARTS) is 1. The van der Waals surface area contributed by atoms with E-state index in [-0.39, 0.29) is 13.2 Å². The third-order valence-electron chi connectivity index (χ3n) is 4.27. The van der Waals surface area contributed by atoms with Crippen molar-refractivity contribution in [3.8, 4) is 5.75 Å². The van der Waals surface area contributed by atoms with Crippen LogP contribution in [0.4, 0.5) is 4.39 Å². The van der Waals surface area contributed by atoms with Gasteiger partial charge in [-0.25, -0.2) is 4.39 Å². The van der Waals surface area contributed by atoms with E-state index in [4.69, 9.17) is 9.84 Å². The largest absolute Gasteiger partial charge is 0.507 e. The molecule has 0 unspecified atom stereocenters. The van der Waals surface area contributed by atoms with Crippen molar-refractivity contribution in [2.45, 2.75) is 19.6 Å². The highest BCUT2D eigenvalue weighted by Gasteiger charge is 2.27. The maximum absolute atomic E-state index is 13.1. The lowest BCUT2D eigenvalue weighted by Gasteiger charge is -2.24. The van der Waals surface area contributed by atoms with Crippen LogP contribution in [-0.4, -0.2) is 39.8 Å². The highest BCUT2D eigenvalue weighted by Crippen LogP contribution is 2.28. The van der Waals surface area contributed by atoms with Crippen molar-refractivity contribution in [2.75, 3.05) is 13.2 Å². The van der Waals surface area contributed by atoms with E-state index in [1.54, 1.807) is 0 Å². The number of carboxylic acids is 1. The molecule has 0 fully saturated rings. The number of aromatic hydroxyl groups is 1. The molecule has 0 aliphatic carbocycles. The van der Waals surface area contributed by atoms with Crippen LogP contribution >= 0.6 is 0 Å². The first kappa shape index (κ1) is 18.6. The highest BCUT2D eigenvalue weighted by molar-refractivity contribution is 5.98. The number of amides is 1. The van der Waals surface area contributed by atoms with Crippen molar-refractivity contribution < 1.29 is 28.9 Å². The van der Waals surface area contributed by atoms with Gasteiger partial charge in [0.1, 0.15) is 23.7 Å². The number of nitrogens with one attached hydrogen (secondary N) is 1. The molecule has 0 bridgehead atoms. The van der Waals surface area contributed by atoms with E-state index in [1.165, 1.54) is 28.8 Å². The Kier molecular flexibility index (Phi) is 5.22. The van der Waals surface area contributed by atoms with E-state index >= 15 is 0 Å². The molecule has 3 N–H and O–H groups in total. The average Bonchev–Trinajstić information content (AvgIpc) is 2.65. The van der Waals surface area contributed by atoms with Gasteiger partial charge < -0.3 is 24.8 Å². The maximum Gasteiger partial charge on any atom is 0.322 e. The second-order valence-corrected chi connectivity index (χ2v) is 6.05. The second kappa shape index (κ2) is 7.58. The number of carbonyl (C=O) groups excluding carboxylic acids is 1. The Bertz CT molecular complexity index is 952. The zero-order valence-corrected chi connectivity index (χ0v) is 14.2. The predicted molar refractivity (Wildman–Crippen MR) is 91.2 cm³/mol. The van der Waals surface area contributed by atoms with Crippen LogP contribution in [0, 0.1) is 5.82 Å². The van der Waals surface area contributed by atoms with Crippen molar-refractivity contribution in [2.24, 2.45) is 0 Å². The first-order valence-corrected chi connectivity index (χ1v) is 8.18. The van der Waals surface area contributed by atoms with Crippen molar-refractivity contribution in [3.63, 3.8) is 0 Å². The molecule has 0 atom stereocenters. The summed E-state index contributed by atoms with van der Waals surface area (Å²) in [7, 11) is 0. The Balaban J connectivity index is 2.09. The van der Waals surface area contributed by atoms with Crippen LogP contribution in [0.5, 0.6) is 5.75 Å². The molecule has 0 saturated carbocycles. The van der Waals surface area contributed by atoms with Crippen LogP contribution < -0.4 is 10.9 Å². The molecule has 27 heavy (non-hydrogen) atoms. The summed E-state index contributed by atoms with van der Waals surface area (Å²) >= 11 is 0. The first-order valence-electron chi connectivity index (χ1n) is 8.18. The number of pyridine rings is 1. The summed E-state index contributed by atoms with van der Waals surface area (Å²) in [6.07, 6.45) is 0.296. The zero-order valence-electron chi connectivity index (χ0n) is 14.2. The summed E-state index contributed by atoms with van der Waals surface area (Å²) in [6.45, 7) is -0.248. The molecule has 9 heteroatoms. The first-order chi connectivity index (χ1) is 12.9. The van der Waals surface area contributed by atoms with Gasteiger partial charge in [0.05, 0.1) is 25.5 Å². The normalized spacial score (nSPS) is 13.1. The van der Waals surface area contributed by atoms with Gasteiger partial charge in [-0.15, -0.1) is 0 Å². The molecule has 142 valence electrons. The molecule has 2 heterocycles. The van der Waals surface area contributed by atoms with E-state index in [9.17, 15) is 23.9 Å². The molecule has 8 nitrogen and oxygen atoms in total. The minimum Gasteiger partial charge on any atom is -0.507 e. The van der Waals surface area contributed by atoms with E-state index in [0.717, 1.165) is 0 Å². The summed E-state index contributed by atoms with van der Waals surface area (Å²) in [5.74, 6) is -3.13. The third kappa shape index (κ3) is 3.82. The smallest absolute Gasteiger partial charge is 0.322 e. The van der Waals surface area contributed by atoms with Crippen LogP contribution in [0.1, 0.15) is 27.2 Å². The Morgan fingerprint density at radius 1 is 1.26 bits per heavy atom. The number of fused-ring (bicyclic) bond motifs is 1. The van der Waals surface area contributed by atoms with Crippen molar-refractivity contribution in [1.29, 1.82) is 0 Å². The van der Waals surface area contributed by atoms with Crippen molar-refractivity contribution in [1.82, 2.24) is 9.88 Å². The topological polar surface area (TPSA) is 118 Å². The third-order valence-corrected chi connectivity index (χ3v) is 4.27. The minimum atomic E-state index is -1.28. The number of benzene rings is 1. The lowest BCUT2D eigenvalue weighted by atomic mass is 10.0. The van der Waals surface area contributed by atoms with Gasteiger partial charge in [-0.05, 0) is 17.7 Å². The summed E-state index contributed by atoms with van der Waals surface area (Å²) in [4.78, 5) is 35.8. The number of ether oxygens (including phenoxy) is 1. The molecule has 1 aliphatic rings. The van der Waals surface area contributed by atoms with Gasteiger partial charge in [0, 0.05) is 12.0 Å². The predicted octanol–water partition coefficient (Wildman–Crippen LogP) is 0.628. The molecule has 0 radical (unpaired) electrons. The summed E-state index contributed by atoms with van der Waals surface area (Å²) in [6, 6.07) is 5.53. The summed E-state index contributed by atoms with van der Waals surface area (Å²) < 4.78 is 19.8. The molecular weight excluding hydrogens is 359 g/mol. The Hall–Kier alpha value is -3.20. The number of hydrogen-bond acceptors (Lipinski definition) is 5.